The van der Waals surface area contributed by atoms with Crippen molar-refractivity contribution in [2.45, 2.75) is 11.1 Å². The molecule has 1 aromatic rings. The van der Waals surface area contributed by atoms with Crippen molar-refractivity contribution in [2.75, 3.05) is 33.9 Å². The van der Waals surface area contributed by atoms with Gasteiger partial charge in [-0.25, -0.2) is 8.42 Å². The lowest BCUT2D eigenvalue weighted by molar-refractivity contribution is -0.136. The molecule has 130 valence electrons. The summed E-state index contributed by atoms with van der Waals surface area (Å²) < 4.78 is 67.4. The highest BCUT2D eigenvalue weighted by Gasteiger charge is 2.36. The molecule has 0 saturated heterocycles. The van der Waals surface area contributed by atoms with Gasteiger partial charge >= 0.3 is 6.18 Å². The highest BCUT2D eigenvalue weighted by molar-refractivity contribution is 7.89. The molecule has 23 heavy (non-hydrogen) atoms. The second-order valence-corrected chi connectivity index (χ2v) is 6.49. The van der Waals surface area contributed by atoms with Gasteiger partial charge in [0, 0.05) is 26.3 Å². The number of amides is 1. The molecule has 0 aromatic heterocycles. The molecule has 1 N–H and O–H groups in total. The third kappa shape index (κ3) is 5.48. The van der Waals surface area contributed by atoms with Crippen LogP contribution in [0.2, 0.25) is 0 Å². The fourth-order valence-corrected chi connectivity index (χ4v) is 3.16. The van der Waals surface area contributed by atoms with E-state index in [0.717, 1.165) is 12.1 Å². The summed E-state index contributed by atoms with van der Waals surface area (Å²) in [5, 5.41) is 2.36. The number of hydrogen-bond donors (Lipinski definition) is 1. The monoisotopic (exact) mass is 354 g/mol. The summed E-state index contributed by atoms with van der Waals surface area (Å²) >= 11 is 0. The standard InChI is InChI=1S/C13H17F3N2O4S/c1-17-12(19)10-3-5-11(6-4-10)23(20,21)18(7-8-22-2)9-13(14,15)16/h3-6H,7-9H2,1-2H3,(H,17,19). The van der Waals surface area contributed by atoms with Gasteiger partial charge in [0.05, 0.1) is 11.5 Å². The Morgan fingerprint density at radius 2 is 1.83 bits per heavy atom. The van der Waals surface area contributed by atoms with E-state index in [-0.39, 0.29) is 17.1 Å². The topological polar surface area (TPSA) is 75.7 Å². The molecule has 0 fully saturated rings. The third-order valence-electron chi connectivity index (χ3n) is 2.88. The van der Waals surface area contributed by atoms with E-state index in [1.165, 1.54) is 26.3 Å². The maximum absolute atomic E-state index is 12.6. The van der Waals surface area contributed by atoms with Crippen LogP contribution in [-0.4, -0.2) is 58.7 Å². The van der Waals surface area contributed by atoms with Crippen molar-refractivity contribution in [3.8, 4) is 0 Å². The molecule has 10 heteroatoms. The first-order valence-corrected chi connectivity index (χ1v) is 7.94. The molecule has 1 aromatic carbocycles. The number of carbonyl (C=O) groups is 1. The highest BCUT2D eigenvalue weighted by atomic mass is 32.2. The number of methoxy groups -OCH3 is 1. The van der Waals surface area contributed by atoms with Crippen LogP contribution in [0.3, 0.4) is 0 Å². The van der Waals surface area contributed by atoms with Crippen molar-refractivity contribution < 1.29 is 31.1 Å². The van der Waals surface area contributed by atoms with Crippen molar-refractivity contribution in [3.63, 3.8) is 0 Å². The number of halogens is 3. The molecule has 0 bridgehead atoms. The van der Waals surface area contributed by atoms with Crippen molar-refractivity contribution in [3.05, 3.63) is 29.8 Å². The number of benzene rings is 1. The fraction of sp³-hybridized carbons (Fsp3) is 0.462. The molecular weight excluding hydrogens is 337 g/mol. The minimum atomic E-state index is -4.68. The van der Waals surface area contributed by atoms with E-state index in [9.17, 15) is 26.4 Å². The van der Waals surface area contributed by atoms with E-state index in [1.54, 1.807) is 0 Å². The number of alkyl halides is 3. The highest BCUT2D eigenvalue weighted by Crippen LogP contribution is 2.22. The number of nitrogens with one attached hydrogen (secondary N) is 1. The summed E-state index contributed by atoms with van der Waals surface area (Å²) in [6.45, 7) is -2.23. The first-order chi connectivity index (χ1) is 10.6. The summed E-state index contributed by atoms with van der Waals surface area (Å²) in [7, 11) is -1.69. The number of hydrogen-bond acceptors (Lipinski definition) is 4. The summed E-state index contributed by atoms with van der Waals surface area (Å²) in [6, 6.07) is 4.65. The SMILES string of the molecule is CNC(=O)c1ccc(S(=O)(=O)N(CCOC)CC(F)(F)F)cc1. The Labute approximate surface area is 132 Å². The number of sulfonamides is 1. The molecule has 1 rings (SSSR count). The molecule has 0 aliphatic heterocycles. The van der Waals surface area contributed by atoms with Gasteiger partial charge in [0.25, 0.3) is 5.91 Å². The van der Waals surface area contributed by atoms with Crippen LogP contribution in [0.4, 0.5) is 13.2 Å². The van der Waals surface area contributed by atoms with Crippen LogP contribution in [0.15, 0.2) is 29.2 Å². The zero-order valence-corrected chi connectivity index (χ0v) is 13.4. The molecule has 0 atom stereocenters. The molecule has 0 aliphatic carbocycles. The zero-order chi connectivity index (χ0) is 17.7. The van der Waals surface area contributed by atoms with Gasteiger partial charge in [0.2, 0.25) is 10.0 Å². The molecule has 0 aliphatic rings. The molecule has 0 spiro atoms. The van der Waals surface area contributed by atoms with Crippen LogP contribution in [0.1, 0.15) is 10.4 Å². The fourth-order valence-electron chi connectivity index (χ4n) is 1.75. The Kier molecular flexibility index (Phi) is 6.54. The second kappa shape index (κ2) is 7.75. The molecule has 0 heterocycles. The van der Waals surface area contributed by atoms with Gasteiger partial charge in [-0.15, -0.1) is 0 Å². The molecule has 0 radical (unpaired) electrons. The van der Waals surface area contributed by atoms with E-state index in [0.29, 0.717) is 4.31 Å². The predicted molar refractivity (Wildman–Crippen MR) is 76.5 cm³/mol. The Morgan fingerprint density at radius 1 is 1.26 bits per heavy atom. The predicted octanol–water partition coefficient (Wildman–Crippen LogP) is 1.25. The minimum Gasteiger partial charge on any atom is -0.383 e. The lowest BCUT2D eigenvalue weighted by Gasteiger charge is -2.23. The lowest BCUT2D eigenvalue weighted by Crippen LogP contribution is -2.40. The normalized spacial score (nSPS) is 12.4. The Morgan fingerprint density at radius 3 is 2.26 bits per heavy atom. The van der Waals surface area contributed by atoms with Crippen LogP contribution in [0, 0.1) is 0 Å². The number of ether oxygens (including phenoxy) is 1. The van der Waals surface area contributed by atoms with E-state index in [4.69, 9.17) is 0 Å². The summed E-state index contributed by atoms with van der Waals surface area (Å²) in [5.74, 6) is -0.430. The largest absolute Gasteiger partial charge is 0.402 e. The van der Waals surface area contributed by atoms with E-state index in [1.807, 2.05) is 0 Å². The molecule has 1 amide bonds. The van der Waals surface area contributed by atoms with Gasteiger partial charge in [0.1, 0.15) is 6.54 Å². The van der Waals surface area contributed by atoms with Crippen LogP contribution >= 0.6 is 0 Å². The van der Waals surface area contributed by atoms with Gasteiger partial charge in [-0.1, -0.05) is 0 Å². The lowest BCUT2D eigenvalue weighted by atomic mass is 10.2. The van der Waals surface area contributed by atoms with E-state index < -0.39 is 35.2 Å². The smallest absolute Gasteiger partial charge is 0.383 e. The maximum atomic E-state index is 12.6. The second-order valence-electron chi connectivity index (χ2n) is 4.55. The Balaban J connectivity index is 3.10. The first kappa shape index (κ1) is 19.4. The Hall–Kier alpha value is -1.65. The van der Waals surface area contributed by atoms with Crippen LogP contribution in [0.5, 0.6) is 0 Å². The summed E-state index contributed by atoms with van der Waals surface area (Å²) in [6.07, 6.45) is -4.68. The molecule has 6 nitrogen and oxygen atoms in total. The van der Waals surface area contributed by atoms with Crippen molar-refractivity contribution in [1.29, 1.82) is 0 Å². The minimum absolute atomic E-state index is 0.175. The maximum Gasteiger partial charge on any atom is 0.402 e. The Bertz CT molecular complexity index is 630. The van der Waals surface area contributed by atoms with Crippen LogP contribution in [0.25, 0.3) is 0 Å². The summed E-state index contributed by atoms with van der Waals surface area (Å²) in [5.41, 5.74) is 0.200. The van der Waals surface area contributed by atoms with Gasteiger partial charge in [-0.05, 0) is 24.3 Å². The van der Waals surface area contributed by atoms with Gasteiger partial charge in [0.15, 0.2) is 0 Å². The average molecular weight is 354 g/mol. The van der Waals surface area contributed by atoms with Crippen molar-refractivity contribution in [2.24, 2.45) is 0 Å². The van der Waals surface area contributed by atoms with Crippen LogP contribution in [-0.2, 0) is 14.8 Å². The number of carbonyl (C=O) groups excluding carboxylic acids is 1. The van der Waals surface area contributed by atoms with Crippen molar-refractivity contribution >= 4 is 15.9 Å². The van der Waals surface area contributed by atoms with E-state index >= 15 is 0 Å². The van der Waals surface area contributed by atoms with Gasteiger partial charge in [-0.3, -0.25) is 4.79 Å². The molecular formula is C13H17F3N2O4S. The third-order valence-corrected chi connectivity index (χ3v) is 4.74. The average Bonchev–Trinajstić information content (AvgIpc) is 2.49. The summed E-state index contributed by atoms with van der Waals surface area (Å²) in [4.78, 5) is 11.1. The van der Waals surface area contributed by atoms with Crippen LogP contribution < -0.4 is 5.32 Å². The van der Waals surface area contributed by atoms with Crippen molar-refractivity contribution in [1.82, 2.24) is 9.62 Å². The number of rotatable bonds is 7. The van der Waals surface area contributed by atoms with Gasteiger partial charge < -0.3 is 10.1 Å². The van der Waals surface area contributed by atoms with E-state index in [2.05, 4.69) is 10.1 Å². The number of nitrogens with zero attached hydrogens (tertiary/aromatic N) is 1. The molecule has 0 saturated carbocycles. The quantitative estimate of drug-likeness (QED) is 0.800. The zero-order valence-electron chi connectivity index (χ0n) is 12.6. The van der Waals surface area contributed by atoms with Gasteiger partial charge in [-0.2, -0.15) is 17.5 Å². The molecule has 0 unspecified atom stereocenters. The first-order valence-electron chi connectivity index (χ1n) is 6.50.